The molecule has 1 aromatic carbocycles. The van der Waals surface area contributed by atoms with Crippen LogP contribution < -0.4 is 15.0 Å². The molecule has 0 aliphatic carbocycles. The van der Waals surface area contributed by atoms with E-state index in [0.717, 1.165) is 23.7 Å². The molecular weight excluding hydrogens is 254 g/mol. The SMILES string of the molecule is CCOc1ccc(NC(C)=O)cc1N(CC)CCC#N. The average Bonchev–Trinajstić information content (AvgIpc) is 2.41. The van der Waals surface area contributed by atoms with Crippen LogP contribution in [0.1, 0.15) is 27.2 Å². The number of nitrogens with zero attached hydrogens (tertiary/aromatic N) is 2. The van der Waals surface area contributed by atoms with Crippen molar-refractivity contribution in [3.8, 4) is 11.8 Å². The van der Waals surface area contributed by atoms with Gasteiger partial charge in [-0.2, -0.15) is 5.26 Å². The number of ether oxygens (including phenoxy) is 1. The lowest BCUT2D eigenvalue weighted by atomic mass is 10.2. The highest BCUT2D eigenvalue weighted by Gasteiger charge is 2.12. The quantitative estimate of drug-likeness (QED) is 0.831. The summed E-state index contributed by atoms with van der Waals surface area (Å²) >= 11 is 0. The molecule has 1 amide bonds. The largest absolute Gasteiger partial charge is 0.492 e. The summed E-state index contributed by atoms with van der Waals surface area (Å²) in [6, 6.07) is 7.69. The second kappa shape index (κ2) is 8.05. The summed E-state index contributed by atoms with van der Waals surface area (Å²) in [5, 5.41) is 11.5. The predicted molar refractivity (Wildman–Crippen MR) is 80.0 cm³/mol. The van der Waals surface area contributed by atoms with Crippen LogP contribution in [-0.2, 0) is 4.79 Å². The third-order valence-electron chi connectivity index (χ3n) is 2.80. The third kappa shape index (κ3) is 4.47. The van der Waals surface area contributed by atoms with Gasteiger partial charge in [-0.15, -0.1) is 0 Å². The van der Waals surface area contributed by atoms with Gasteiger partial charge in [-0.1, -0.05) is 0 Å². The summed E-state index contributed by atoms with van der Waals surface area (Å²) in [7, 11) is 0. The summed E-state index contributed by atoms with van der Waals surface area (Å²) in [6.45, 7) is 7.41. The van der Waals surface area contributed by atoms with E-state index in [1.807, 2.05) is 32.0 Å². The van der Waals surface area contributed by atoms with E-state index in [-0.39, 0.29) is 5.91 Å². The highest BCUT2D eigenvalue weighted by Crippen LogP contribution is 2.31. The van der Waals surface area contributed by atoms with E-state index in [0.29, 0.717) is 19.6 Å². The van der Waals surface area contributed by atoms with E-state index in [2.05, 4.69) is 16.3 Å². The van der Waals surface area contributed by atoms with Crippen molar-refractivity contribution in [2.45, 2.75) is 27.2 Å². The normalized spacial score (nSPS) is 9.70. The van der Waals surface area contributed by atoms with Crippen molar-refractivity contribution in [2.75, 3.05) is 29.9 Å². The minimum absolute atomic E-state index is 0.111. The molecule has 0 radical (unpaired) electrons. The van der Waals surface area contributed by atoms with E-state index in [1.165, 1.54) is 6.92 Å². The van der Waals surface area contributed by atoms with Gasteiger partial charge in [0, 0.05) is 25.7 Å². The van der Waals surface area contributed by atoms with Crippen molar-refractivity contribution in [1.82, 2.24) is 0 Å². The number of amides is 1. The number of hydrogen-bond donors (Lipinski definition) is 1. The summed E-state index contributed by atoms with van der Waals surface area (Å²) in [5.41, 5.74) is 1.63. The van der Waals surface area contributed by atoms with Crippen LogP contribution in [0.4, 0.5) is 11.4 Å². The van der Waals surface area contributed by atoms with Gasteiger partial charge < -0.3 is 15.0 Å². The maximum absolute atomic E-state index is 11.1. The lowest BCUT2D eigenvalue weighted by molar-refractivity contribution is -0.114. The zero-order valence-corrected chi connectivity index (χ0v) is 12.3. The number of hydrogen-bond acceptors (Lipinski definition) is 4. The molecule has 0 spiro atoms. The van der Waals surface area contributed by atoms with Gasteiger partial charge in [0.25, 0.3) is 0 Å². The summed E-state index contributed by atoms with van der Waals surface area (Å²) in [6.07, 6.45) is 0.448. The van der Waals surface area contributed by atoms with Crippen molar-refractivity contribution < 1.29 is 9.53 Å². The molecule has 0 aromatic heterocycles. The average molecular weight is 275 g/mol. The fraction of sp³-hybridized carbons (Fsp3) is 0.467. The predicted octanol–water partition coefficient (Wildman–Crippen LogP) is 2.78. The van der Waals surface area contributed by atoms with Crippen LogP contribution in [0.3, 0.4) is 0 Å². The molecule has 0 aliphatic rings. The number of carbonyl (C=O) groups is 1. The fourth-order valence-electron chi connectivity index (χ4n) is 1.96. The minimum atomic E-state index is -0.111. The zero-order valence-electron chi connectivity index (χ0n) is 12.3. The standard InChI is InChI=1S/C15H21N3O2/c1-4-18(10-6-9-16)14-11-13(17-12(3)19)7-8-15(14)20-5-2/h7-8,11H,4-6,10H2,1-3H3,(H,17,19). The zero-order chi connectivity index (χ0) is 15.0. The molecule has 5 nitrogen and oxygen atoms in total. The number of rotatable bonds is 7. The van der Waals surface area contributed by atoms with Crippen LogP contribution in [0.2, 0.25) is 0 Å². The summed E-state index contributed by atoms with van der Waals surface area (Å²) in [5.74, 6) is 0.654. The van der Waals surface area contributed by atoms with Crippen molar-refractivity contribution in [3.63, 3.8) is 0 Å². The molecule has 0 heterocycles. The Bertz CT molecular complexity index is 494. The Kier molecular flexibility index (Phi) is 6.38. The Morgan fingerprint density at radius 3 is 2.75 bits per heavy atom. The van der Waals surface area contributed by atoms with Gasteiger partial charge in [-0.05, 0) is 32.0 Å². The molecule has 0 fully saturated rings. The second-order valence-electron chi connectivity index (χ2n) is 4.28. The molecule has 0 atom stereocenters. The van der Waals surface area contributed by atoms with Gasteiger partial charge in [0.15, 0.2) is 0 Å². The molecule has 1 aromatic rings. The number of nitrogens with one attached hydrogen (secondary N) is 1. The van der Waals surface area contributed by atoms with E-state index >= 15 is 0 Å². The van der Waals surface area contributed by atoms with Crippen LogP contribution in [0.5, 0.6) is 5.75 Å². The van der Waals surface area contributed by atoms with Crippen molar-refractivity contribution >= 4 is 17.3 Å². The topological polar surface area (TPSA) is 65.4 Å². The monoisotopic (exact) mass is 275 g/mol. The molecule has 0 aliphatic heterocycles. The van der Waals surface area contributed by atoms with E-state index in [1.54, 1.807) is 0 Å². The minimum Gasteiger partial charge on any atom is -0.492 e. The highest BCUT2D eigenvalue weighted by atomic mass is 16.5. The Hall–Kier alpha value is -2.22. The Morgan fingerprint density at radius 2 is 2.20 bits per heavy atom. The molecule has 0 bridgehead atoms. The number of anilines is 2. The highest BCUT2D eigenvalue weighted by molar-refractivity contribution is 5.89. The first-order chi connectivity index (χ1) is 9.62. The summed E-state index contributed by atoms with van der Waals surface area (Å²) in [4.78, 5) is 13.2. The lowest BCUT2D eigenvalue weighted by Gasteiger charge is -2.25. The van der Waals surface area contributed by atoms with Gasteiger partial charge in [-0.3, -0.25) is 4.79 Å². The van der Waals surface area contributed by atoms with Crippen molar-refractivity contribution in [1.29, 1.82) is 5.26 Å². The maximum atomic E-state index is 11.1. The first kappa shape index (κ1) is 15.8. The maximum Gasteiger partial charge on any atom is 0.221 e. The molecule has 0 unspecified atom stereocenters. The van der Waals surface area contributed by atoms with E-state index in [9.17, 15) is 4.79 Å². The van der Waals surface area contributed by atoms with E-state index < -0.39 is 0 Å². The summed E-state index contributed by atoms with van der Waals surface area (Å²) < 4.78 is 5.62. The van der Waals surface area contributed by atoms with Gasteiger partial charge >= 0.3 is 0 Å². The molecule has 0 saturated heterocycles. The van der Waals surface area contributed by atoms with Crippen LogP contribution in [0.25, 0.3) is 0 Å². The smallest absolute Gasteiger partial charge is 0.221 e. The second-order valence-corrected chi connectivity index (χ2v) is 4.28. The van der Waals surface area contributed by atoms with Gasteiger partial charge in [-0.25, -0.2) is 0 Å². The Balaban J connectivity index is 3.08. The molecule has 108 valence electrons. The Labute approximate surface area is 120 Å². The lowest BCUT2D eigenvalue weighted by Crippen LogP contribution is -2.24. The van der Waals surface area contributed by atoms with Crippen LogP contribution in [0, 0.1) is 11.3 Å². The number of carbonyl (C=O) groups excluding carboxylic acids is 1. The fourth-order valence-corrected chi connectivity index (χ4v) is 1.96. The van der Waals surface area contributed by atoms with E-state index in [4.69, 9.17) is 10.00 Å². The first-order valence-corrected chi connectivity index (χ1v) is 6.78. The van der Waals surface area contributed by atoms with Crippen molar-refractivity contribution in [2.24, 2.45) is 0 Å². The molecule has 1 N–H and O–H groups in total. The van der Waals surface area contributed by atoms with Gasteiger partial charge in [0.05, 0.1) is 24.8 Å². The van der Waals surface area contributed by atoms with Crippen LogP contribution in [0.15, 0.2) is 18.2 Å². The molecule has 1 rings (SSSR count). The molecule has 20 heavy (non-hydrogen) atoms. The van der Waals surface area contributed by atoms with Crippen molar-refractivity contribution in [3.05, 3.63) is 18.2 Å². The first-order valence-electron chi connectivity index (χ1n) is 6.78. The number of nitriles is 1. The van der Waals surface area contributed by atoms with Gasteiger partial charge in [0.2, 0.25) is 5.91 Å². The van der Waals surface area contributed by atoms with Crippen LogP contribution in [-0.4, -0.2) is 25.6 Å². The Morgan fingerprint density at radius 1 is 1.45 bits per heavy atom. The van der Waals surface area contributed by atoms with Gasteiger partial charge in [0.1, 0.15) is 5.75 Å². The third-order valence-corrected chi connectivity index (χ3v) is 2.80. The molecular formula is C15H21N3O2. The molecule has 0 saturated carbocycles. The molecule has 5 heteroatoms. The number of benzene rings is 1. The van der Waals surface area contributed by atoms with Crippen LogP contribution >= 0.6 is 0 Å².